The average Bonchev–Trinajstić information content (AvgIpc) is 3.11. The Labute approximate surface area is 182 Å². The van der Waals surface area contributed by atoms with Gasteiger partial charge in [-0.3, -0.25) is 4.79 Å². The van der Waals surface area contributed by atoms with Crippen LogP contribution in [0.25, 0.3) is 16.5 Å². The van der Waals surface area contributed by atoms with E-state index in [1.54, 1.807) is 19.1 Å². The van der Waals surface area contributed by atoms with E-state index in [4.69, 9.17) is 9.15 Å². The highest BCUT2D eigenvalue weighted by atomic mass is 19.1. The quantitative estimate of drug-likeness (QED) is 0.478. The van der Waals surface area contributed by atoms with E-state index in [1.165, 1.54) is 17.7 Å². The van der Waals surface area contributed by atoms with E-state index in [-0.39, 0.29) is 11.7 Å². The molecule has 0 aliphatic heterocycles. The van der Waals surface area contributed by atoms with Gasteiger partial charge in [0.15, 0.2) is 0 Å². The molecule has 1 aliphatic carbocycles. The number of ether oxygens (including phenoxy) is 1. The Balaban J connectivity index is 1.73. The Morgan fingerprint density at radius 2 is 2.00 bits per heavy atom. The molecule has 162 valence electrons. The Morgan fingerprint density at radius 3 is 2.74 bits per heavy atom. The number of amides is 1. The summed E-state index contributed by atoms with van der Waals surface area (Å²) in [5, 5.41) is 3.85. The van der Waals surface area contributed by atoms with E-state index in [2.05, 4.69) is 11.4 Å². The zero-order chi connectivity index (χ0) is 22.1. The van der Waals surface area contributed by atoms with Gasteiger partial charge >= 0.3 is 0 Å². The van der Waals surface area contributed by atoms with E-state index in [0.29, 0.717) is 17.9 Å². The normalized spacial score (nSPS) is 13.9. The molecule has 0 radical (unpaired) electrons. The summed E-state index contributed by atoms with van der Waals surface area (Å²) in [6, 6.07) is 6.76. The van der Waals surface area contributed by atoms with Gasteiger partial charge in [0, 0.05) is 40.3 Å². The van der Waals surface area contributed by atoms with Gasteiger partial charge in [-0.05, 0) is 76.3 Å². The summed E-state index contributed by atoms with van der Waals surface area (Å²) in [6.45, 7) is 8.05. The van der Waals surface area contributed by atoms with Crippen LogP contribution in [0.3, 0.4) is 0 Å². The Hall–Kier alpha value is -3.08. The second-order valence-corrected chi connectivity index (χ2v) is 8.18. The van der Waals surface area contributed by atoms with Crippen molar-refractivity contribution >= 4 is 28.1 Å². The molecule has 1 amide bonds. The van der Waals surface area contributed by atoms with Crippen LogP contribution in [0.5, 0.6) is 5.75 Å². The molecular formula is C26H28FNO3. The van der Waals surface area contributed by atoms with Gasteiger partial charge in [-0.25, -0.2) is 4.39 Å². The van der Waals surface area contributed by atoms with Gasteiger partial charge in [-0.1, -0.05) is 6.07 Å². The summed E-state index contributed by atoms with van der Waals surface area (Å²) in [5.41, 5.74) is 5.75. The van der Waals surface area contributed by atoms with Crippen LogP contribution < -0.4 is 10.1 Å². The number of benzene rings is 2. The maximum atomic E-state index is 13.8. The van der Waals surface area contributed by atoms with Crippen molar-refractivity contribution in [3.63, 3.8) is 0 Å². The third-order valence-corrected chi connectivity index (χ3v) is 5.93. The maximum absolute atomic E-state index is 13.8. The number of furan rings is 1. The number of rotatable bonds is 5. The molecule has 1 aromatic heterocycles. The van der Waals surface area contributed by atoms with Crippen LogP contribution in [0.4, 0.5) is 10.1 Å². The highest BCUT2D eigenvalue weighted by molar-refractivity contribution is 6.05. The minimum Gasteiger partial charge on any atom is -0.493 e. The second-order valence-electron chi connectivity index (χ2n) is 8.18. The third kappa shape index (κ3) is 4.09. The molecule has 5 heteroatoms. The Bertz CT molecular complexity index is 1190. The third-order valence-electron chi connectivity index (χ3n) is 5.93. The summed E-state index contributed by atoms with van der Waals surface area (Å²) in [4.78, 5) is 12.6. The molecule has 1 aliphatic rings. The topological polar surface area (TPSA) is 51.5 Å². The number of anilines is 1. The van der Waals surface area contributed by atoms with Crippen molar-refractivity contribution in [3.8, 4) is 5.75 Å². The molecule has 1 N–H and O–H groups in total. The van der Waals surface area contributed by atoms with Crippen LogP contribution in [0, 0.1) is 19.7 Å². The Kier molecular flexibility index (Phi) is 5.86. The first-order chi connectivity index (χ1) is 14.9. The second kappa shape index (κ2) is 8.58. The van der Waals surface area contributed by atoms with Gasteiger partial charge in [-0.2, -0.15) is 0 Å². The Morgan fingerprint density at radius 1 is 1.23 bits per heavy atom. The van der Waals surface area contributed by atoms with E-state index in [0.717, 1.165) is 64.9 Å². The van der Waals surface area contributed by atoms with Crippen molar-refractivity contribution in [2.45, 2.75) is 53.4 Å². The lowest BCUT2D eigenvalue weighted by atomic mass is 9.93. The highest BCUT2D eigenvalue weighted by Crippen LogP contribution is 2.41. The van der Waals surface area contributed by atoms with Crippen LogP contribution >= 0.6 is 0 Å². The van der Waals surface area contributed by atoms with Gasteiger partial charge in [0.25, 0.3) is 0 Å². The summed E-state index contributed by atoms with van der Waals surface area (Å²) in [6.07, 6.45) is 5.82. The lowest BCUT2D eigenvalue weighted by Crippen LogP contribution is -2.09. The number of hydrogen-bond acceptors (Lipinski definition) is 3. The molecule has 1 heterocycles. The molecule has 0 saturated heterocycles. The fourth-order valence-corrected chi connectivity index (χ4v) is 4.28. The van der Waals surface area contributed by atoms with Crippen molar-refractivity contribution in [2.75, 3.05) is 11.9 Å². The molecule has 0 fully saturated rings. The molecule has 31 heavy (non-hydrogen) atoms. The maximum Gasteiger partial charge on any atom is 0.248 e. The fourth-order valence-electron chi connectivity index (χ4n) is 4.28. The number of halogens is 1. The van der Waals surface area contributed by atoms with Crippen LogP contribution in [0.1, 0.15) is 54.7 Å². The number of hydrogen-bond donors (Lipinski definition) is 1. The number of carbonyl (C=O) groups is 1. The standard InChI is InChI=1S/C26H28FNO3/c1-5-30-25-17(4)26-21(19-8-6-7-9-23(19)31-26)14-20(25)16(3)12-24(29)28-18-11-10-15(2)22(27)13-18/h10-14H,5-9H2,1-4H3,(H,28,29)/b16-12+. The molecule has 0 atom stereocenters. The molecule has 0 saturated carbocycles. The average molecular weight is 422 g/mol. The number of fused-ring (bicyclic) bond motifs is 3. The van der Waals surface area contributed by atoms with Crippen molar-refractivity contribution in [2.24, 2.45) is 0 Å². The van der Waals surface area contributed by atoms with Crippen molar-refractivity contribution < 1.29 is 18.3 Å². The van der Waals surface area contributed by atoms with Gasteiger partial charge in [0.05, 0.1) is 6.61 Å². The fraction of sp³-hybridized carbons (Fsp3) is 0.346. The number of allylic oxidation sites excluding steroid dienone is 1. The van der Waals surface area contributed by atoms with Crippen LogP contribution in [0.15, 0.2) is 34.8 Å². The van der Waals surface area contributed by atoms with Crippen LogP contribution in [-0.4, -0.2) is 12.5 Å². The summed E-state index contributed by atoms with van der Waals surface area (Å²) >= 11 is 0. The van der Waals surface area contributed by atoms with E-state index >= 15 is 0 Å². The van der Waals surface area contributed by atoms with Crippen molar-refractivity contribution in [1.29, 1.82) is 0 Å². The van der Waals surface area contributed by atoms with E-state index in [9.17, 15) is 9.18 Å². The predicted octanol–water partition coefficient (Wildman–Crippen LogP) is 6.51. The van der Waals surface area contributed by atoms with E-state index in [1.807, 2.05) is 20.8 Å². The van der Waals surface area contributed by atoms with Gasteiger partial charge < -0.3 is 14.5 Å². The first-order valence-corrected chi connectivity index (χ1v) is 10.9. The SMILES string of the molecule is CCOc1c(/C(C)=C/C(=O)Nc2ccc(C)c(F)c2)cc2c3c(oc2c1C)CCCC3. The first-order valence-electron chi connectivity index (χ1n) is 10.9. The molecular weight excluding hydrogens is 393 g/mol. The lowest BCUT2D eigenvalue weighted by molar-refractivity contribution is -0.111. The largest absolute Gasteiger partial charge is 0.493 e. The van der Waals surface area contributed by atoms with Crippen LogP contribution in [0.2, 0.25) is 0 Å². The van der Waals surface area contributed by atoms with Gasteiger partial charge in [0.1, 0.15) is 22.9 Å². The van der Waals surface area contributed by atoms with Crippen molar-refractivity contribution in [1.82, 2.24) is 0 Å². The molecule has 0 spiro atoms. The number of carbonyl (C=O) groups excluding carboxylic acids is 1. The van der Waals surface area contributed by atoms with E-state index < -0.39 is 0 Å². The van der Waals surface area contributed by atoms with Gasteiger partial charge in [0.2, 0.25) is 5.91 Å². The molecule has 4 rings (SSSR count). The van der Waals surface area contributed by atoms with Gasteiger partial charge in [-0.15, -0.1) is 0 Å². The molecule has 0 unspecified atom stereocenters. The zero-order valence-electron chi connectivity index (χ0n) is 18.5. The monoisotopic (exact) mass is 421 g/mol. The predicted molar refractivity (Wildman–Crippen MR) is 122 cm³/mol. The highest BCUT2D eigenvalue weighted by Gasteiger charge is 2.23. The molecule has 4 nitrogen and oxygen atoms in total. The smallest absolute Gasteiger partial charge is 0.248 e. The van der Waals surface area contributed by atoms with Crippen molar-refractivity contribution in [3.05, 3.63) is 64.2 Å². The molecule has 3 aromatic rings. The minimum absolute atomic E-state index is 0.310. The summed E-state index contributed by atoms with van der Waals surface area (Å²) in [7, 11) is 0. The number of nitrogens with one attached hydrogen (secondary N) is 1. The molecule has 0 bridgehead atoms. The lowest BCUT2D eigenvalue weighted by Gasteiger charge is -2.15. The number of aryl methyl sites for hydroxylation is 4. The summed E-state index contributed by atoms with van der Waals surface area (Å²) in [5.74, 6) is 1.16. The van der Waals surface area contributed by atoms with Crippen LogP contribution in [-0.2, 0) is 17.6 Å². The summed E-state index contributed by atoms with van der Waals surface area (Å²) < 4.78 is 26.0. The molecule has 2 aromatic carbocycles. The first kappa shape index (κ1) is 21.2. The zero-order valence-corrected chi connectivity index (χ0v) is 18.5. The minimum atomic E-state index is -0.344.